The number of Topliss-reactive ketones (excluding diaryl/α,β-unsaturated/α-hetero) is 1. The zero-order valence-corrected chi connectivity index (χ0v) is 23.9. The molecule has 0 spiro atoms. The van der Waals surface area contributed by atoms with Crippen molar-refractivity contribution >= 4 is 38.6 Å². The Morgan fingerprint density at radius 3 is 2.56 bits per heavy atom. The first-order chi connectivity index (χ1) is 19.7. The number of benzene rings is 1. The van der Waals surface area contributed by atoms with Gasteiger partial charge in [0.1, 0.15) is 17.7 Å². The molecule has 10 nitrogen and oxygen atoms in total. The summed E-state index contributed by atoms with van der Waals surface area (Å²) in [4.78, 5) is 45.2. The second-order valence-corrected chi connectivity index (χ2v) is 12.8. The first-order valence-electron chi connectivity index (χ1n) is 14.3. The molecular weight excluding hydrogens is 544 g/mol. The van der Waals surface area contributed by atoms with Crippen LogP contribution in [0.3, 0.4) is 0 Å². The SMILES string of the molecule is C[C@@H]1CC[C@H](N(C(=O)[C@H](CC2CCCCC2)NC(=O)c2cc3ccccc3o2)S(=O)(=O)c2ccccn2)C(=O)CN1. The summed E-state index contributed by atoms with van der Waals surface area (Å²) in [6.07, 6.45) is 7.11. The van der Waals surface area contributed by atoms with Crippen molar-refractivity contribution in [2.24, 2.45) is 5.92 Å². The van der Waals surface area contributed by atoms with E-state index in [9.17, 15) is 22.8 Å². The fraction of sp³-hybridized carbons (Fsp3) is 0.467. The fourth-order valence-electron chi connectivity index (χ4n) is 5.81. The first kappa shape index (κ1) is 28.9. The topological polar surface area (TPSA) is 139 Å². The fourth-order valence-corrected chi connectivity index (χ4v) is 7.37. The molecule has 0 radical (unpaired) electrons. The number of hydrogen-bond donors (Lipinski definition) is 2. The normalized spacial score (nSPS) is 21.2. The molecule has 218 valence electrons. The summed E-state index contributed by atoms with van der Waals surface area (Å²) in [5, 5.41) is 6.29. The van der Waals surface area contributed by atoms with E-state index < -0.39 is 39.7 Å². The number of nitrogens with one attached hydrogen (secondary N) is 2. The Hall–Kier alpha value is -3.57. The van der Waals surface area contributed by atoms with Gasteiger partial charge in [-0.05, 0) is 56.4 Å². The second-order valence-electron chi connectivity index (χ2n) is 11.1. The van der Waals surface area contributed by atoms with Crippen molar-refractivity contribution in [3.05, 3.63) is 60.5 Å². The number of ketones is 1. The minimum absolute atomic E-state index is 0.0235. The van der Waals surface area contributed by atoms with Crippen LogP contribution in [0.15, 0.2) is 64.2 Å². The van der Waals surface area contributed by atoms with Crippen LogP contribution in [0.1, 0.15) is 68.8 Å². The third kappa shape index (κ3) is 6.51. The smallest absolute Gasteiger partial charge is 0.287 e. The summed E-state index contributed by atoms with van der Waals surface area (Å²) >= 11 is 0. The van der Waals surface area contributed by atoms with Gasteiger partial charge in [-0.25, -0.2) is 9.29 Å². The van der Waals surface area contributed by atoms with E-state index in [1.165, 1.54) is 18.3 Å². The van der Waals surface area contributed by atoms with Crippen molar-refractivity contribution < 1.29 is 27.2 Å². The van der Waals surface area contributed by atoms with Crippen LogP contribution in [0.5, 0.6) is 0 Å². The van der Waals surface area contributed by atoms with Crippen LogP contribution in [-0.4, -0.2) is 60.0 Å². The molecule has 3 atom stereocenters. The van der Waals surface area contributed by atoms with Crippen molar-refractivity contribution in [1.29, 1.82) is 0 Å². The van der Waals surface area contributed by atoms with Gasteiger partial charge in [0, 0.05) is 17.6 Å². The van der Waals surface area contributed by atoms with E-state index in [-0.39, 0.29) is 42.1 Å². The predicted molar refractivity (Wildman–Crippen MR) is 152 cm³/mol. The number of furan rings is 1. The van der Waals surface area contributed by atoms with Gasteiger partial charge in [0.15, 0.2) is 16.6 Å². The highest BCUT2D eigenvalue weighted by molar-refractivity contribution is 7.89. The molecule has 2 fully saturated rings. The lowest BCUT2D eigenvalue weighted by Crippen LogP contribution is -2.57. The lowest BCUT2D eigenvalue weighted by Gasteiger charge is -2.34. The van der Waals surface area contributed by atoms with Crippen LogP contribution in [0.2, 0.25) is 0 Å². The Balaban J connectivity index is 1.52. The lowest BCUT2D eigenvalue weighted by atomic mass is 9.84. The van der Waals surface area contributed by atoms with Gasteiger partial charge in [-0.1, -0.05) is 56.4 Å². The molecule has 1 saturated heterocycles. The van der Waals surface area contributed by atoms with Crippen molar-refractivity contribution in [2.75, 3.05) is 6.54 Å². The summed E-state index contributed by atoms with van der Waals surface area (Å²) in [7, 11) is -4.52. The molecule has 2 aromatic heterocycles. The molecular formula is C30H36N4O6S. The molecule has 5 rings (SSSR count). The molecule has 3 heterocycles. The molecule has 1 aliphatic carbocycles. The van der Waals surface area contributed by atoms with Crippen molar-refractivity contribution in [1.82, 2.24) is 19.9 Å². The highest BCUT2D eigenvalue weighted by Crippen LogP contribution is 2.30. The standard InChI is InChI=1S/C30H36N4O6S/c1-20-14-15-24(25(35)19-32-20)34(41(38,39)28-13-7-8-16-31-28)30(37)23(17-21-9-3-2-4-10-21)33-29(36)27-18-22-11-5-6-12-26(22)40-27/h5-8,11-13,16,18,20-21,23-24,32H,2-4,9-10,14-15,17,19H2,1H3,(H,33,36)/t20-,23+,24+/m1/s1. The maximum atomic E-state index is 14.4. The van der Waals surface area contributed by atoms with Crippen LogP contribution >= 0.6 is 0 Å². The highest BCUT2D eigenvalue weighted by atomic mass is 32.2. The second kappa shape index (κ2) is 12.5. The Morgan fingerprint density at radius 2 is 1.83 bits per heavy atom. The number of hydrogen-bond acceptors (Lipinski definition) is 8. The number of carbonyl (C=O) groups excluding carboxylic acids is 3. The molecule has 0 unspecified atom stereocenters. The number of pyridine rings is 1. The van der Waals surface area contributed by atoms with Gasteiger partial charge >= 0.3 is 0 Å². The molecule has 2 aliphatic rings. The molecule has 1 saturated carbocycles. The summed E-state index contributed by atoms with van der Waals surface area (Å²) in [5.74, 6) is -1.70. The average molecular weight is 581 g/mol. The van der Waals surface area contributed by atoms with Gasteiger partial charge in [0.25, 0.3) is 21.8 Å². The summed E-state index contributed by atoms with van der Waals surface area (Å²) in [6, 6.07) is 10.7. The summed E-state index contributed by atoms with van der Waals surface area (Å²) in [6.45, 7) is 1.85. The first-order valence-corrected chi connectivity index (χ1v) is 15.7. The maximum absolute atomic E-state index is 14.4. The van der Waals surface area contributed by atoms with Gasteiger partial charge < -0.3 is 15.1 Å². The minimum Gasteiger partial charge on any atom is -0.451 e. The predicted octanol–water partition coefficient (Wildman–Crippen LogP) is 3.82. The van der Waals surface area contributed by atoms with Crippen LogP contribution < -0.4 is 10.6 Å². The Labute approximate surface area is 239 Å². The van der Waals surface area contributed by atoms with Gasteiger partial charge in [-0.15, -0.1) is 0 Å². The van der Waals surface area contributed by atoms with Gasteiger partial charge in [-0.3, -0.25) is 14.4 Å². The van der Waals surface area contributed by atoms with Gasteiger partial charge in [0.05, 0.1) is 6.54 Å². The quantitative estimate of drug-likeness (QED) is 0.410. The molecule has 11 heteroatoms. The minimum atomic E-state index is -4.52. The van der Waals surface area contributed by atoms with Crippen LogP contribution in [-0.2, 0) is 19.6 Å². The lowest BCUT2D eigenvalue weighted by molar-refractivity contribution is -0.135. The van der Waals surface area contributed by atoms with Crippen LogP contribution in [0, 0.1) is 5.92 Å². The molecule has 1 aliphatic heterocycles. The maximum Gasteiger partial charge on any atom is 0.287 e. The number of rotatable bonds is 8. The Kier molecular flexibility index (Phi) is 8.84. The number of carbonyl (C=O) groups is 3. The van der Waals surface area contributed by atoms with Gasteiger partial charge in [0.2, 0.25) is 0 Å². The highest BCUT2D eigenvalue weighted by Gasteiger charge is 2.44. The molecule has 2 N–H and O–H groups in total. The monoisotopic (exact) mass is 580 g/mol. The van der Waals surface area contributed by atoms with Crippen molar-refractivity contribution in [3.63, 3.8) is 0 Å². The molecule has 1 aromatic carbocycles. The number of para-hydroxylation sites is 1. The summed E-state index contributed by atoms with van der Waals surface area (Å²) in [5.41, 5.74) is 0.526. The number of amides is 2. The number of aromatic nitrogens is 1. The summed E-state index contributed by atoms with van der Waals surface area (Å²) < 4.78 is 34.5. The van der Waals surface area contributed by atoms with Crippen LogP contribution in [0.4, 0.5) is 0 Å². The molecule has 2 amide bonds. The van der Waals surface area contributed by atoms with Crippen molar-refractivity contribution in [3.8, 4) is 0 Å². The van der Waals surface area contributed by atoms with Crippen LogP contribution in [0.25, 0.3) is 11.0 Å². The van der Waals surface area contributed by atoms with E-state index in [1.54, 1.807) is 24.3 Å². The molecule has 3 aromatic rings. The van der Waals surface area contributed by atoms with E-state index in [0.29, 0.717) is 16.3 Å². The van der Waals surface area contributed by atoms with Gasteiger partial charge in [-0.2, -0.15) is 8.42 Å². The van der Waals surface area contributed by atoms with E-state index in [4.69, 9.17) is 4.42 Å². The van der Waals surface area contributed by atoms with E-state index in [0.717, 1.165) is 37.5 Å². The third-order valence-corrected chi connectivity index (χ3v) is 9.80. The molecule has 41 heavy (non-hydrogen) atoms. The Bertz CT molecular complexity index is 1470. The number of nitrogens with zero attached hydrogens (tertiary/aromatic N) is 2. The average Bonchev–Trinajstić information content (AvgIpc) is 3.36. The molecule has 0 bridgehead atoms. The van der Waals surface area contributed by atoms with E-state index in [1.807, 2.05) is 19.1 Å². The zero-order valence-electron chi connectivity index (χ0n) is 23.1. The largest absolute Gasteiger partial charge is 0.451 e. The van der Waals surface area contributed by atoms with E-state index >= 15 is 0 Å². The Morgan fingerprint density at radius 1 is 1.07 bits per heavy atom. The van der Waals surface area contributed by atoms with E-state index in [2.05, 4.69) is 15.6 Å². The zero-order chi connectivity index (χ0) is 29.0. The number of fused-ring (bicyclic) bond motifs is 1. The third-order valence-electron chi connectivity index (χ3n) is 8.08. The van der Waals surface area contributed by atoms with Crippen molar-refractivity contribution in [2.45, 2.75) is 81.4 Å². The number of sulfonamides is 1.